The lowest BCUT2D eigenvalue weighted by atomic mass is 10.2. The van der Waals surface area contributed by atoms with Gasteiger partial charge in [-0.25, -0.2) is 14.8 Å². The SMILES string of the molecule is CCCCCN(C(=O)Cn1cnc2sc(C)c(C)c2c1=O)c1nc(C)c(C(=O)OCC)s1. The number of ether oxygens (including phenoxy) is 1. The summed E-state index contributed by atoms with van der Waals surface area (Å²) in [5.74, 6) is -0.706. The van der Waals surface area contributed by atoms with Crippen LogP contribution < -0.4 is 10.5 Å². The molecule has 0 unspecified atom stereocenters. The van der Waals surface area contributed by atoms with Crippen LogP contribution in [0, 0.1) is 20.8 Å². The highest BCUT2D eigenvalue weighted by atomic mass is 32.1. The molecule has 0 saturated heterocycles. The molecule has 0 atom stereocenters. The fourth-order valence-electron chi connectivity index (χ4n) is 3.34. The Morgan fingerprint density at radius 1 is 1.16 bits per heavy atom. The zero-order valence-corrected chi connectivity index (χ0v) is 20.7. The molecule has 3 aromatic heterocycles. The Balaban J connectivity index is 1.92. The topological polar surface area (TPSA) is 94.4 Å². The molecule has 0 aromatic carbocycles. The van der Waals surface area contributed by atoms with Gasteiger partial charge in [-0.3, -0.25) is 19.1 Å². The molecule has 0 fully saturated rings. The summed E-state index contributed by atoms with van der Waals surface area (Å²) >= 11 is 2.62. The summed E-state index contributed by atoms with van der Waals surface area (Å²) in [7, 11) is 0. The van der Waals surface area contributed by atoms with E-state index in [4.69, 9.17) is 4.74 Å². The van der Waals surface area contributed by atoms with E-state index in [9.17, 15) is 14.4 Å². The maximum absolute atomic E-state index is 13.3. The monoisotopic (exact) mass is 476 g/mol. The first-order valence-electron chi connectivity index (χ1n) is 10.7. The van der Waals surface area contributed by atoms with E-state index in [1.54, 1.807) is 18.7 Å². The van der Waals surface area contributed by atoms with Gasteiger partial charge in [0.2, 0.25) is 5.91 Å². The van der Waals surface area contributed by atoms with Crippen molar-refractivity contribution >= 4 is 49.9 Å². The normalized spacial score (nSPS) is 11.2. The van der Waals surface area contributed by atoms with Crippen LogP contribution in [0.5, 0.6) is 0 Å². The minimum Gasteiger partial charge on any atom is -0.462 e. The van der Waals surface area contributed by atoms with Gasteiger partial charge >= 0.3 is 5.97 Å². The smallest absolute Gasteiger partial charge is 0.350 e. The molecule has 0 spiro atoms. The molecule has 0 bridgehead atoms. The second-order valence-electron chi connectivity index (χ2n) is 7.52. The van der Waals surface area contributed by atoms with E-state index in [2.05, 4.69) is 16.9 Å². The molecule has 10 heteroatoms. The van der Waals surface area contributed by atoms with Gasteiger partial charge in [0, 0.05) is 11.4 Å². The van der Waals surface area contributed by atoms with E-state index < -0.39 is 5.97 Å². The van der Waals surface area contributed by atoms with Crippen LogP contribution in [0.1, 0.15) is 58.9 Å². The number of nitrogens with zero attached hydrogens (tertiary/aromatic N) is 4. The van der Waals surface area contributed by atoms with Gasteiger partial charge < -0.3 is 4.74 Å². The van der Waals surface area contributed by atoms with Gasteiger partial charge in [-0.1, -0.05) is 31.1 Å². The predicted molar refractivity (Wildman–Crippen MR) is 128 cm³/mol. The van der Waals surface area contributed by atoms with Gasteiger partial charge in [0.1, 0.15) is 16.3 Å². The van der Waals surface area contributed by atoms with E-state index in [0.717, 1.165) is 41.0 Å². The molecule has 3 rings (SSSR count). The van der Waals surface area contributed by atoms with E-state index in [1.165, 1.54) is 22.2 Å². The number of carbonyl (C=O) groups excluding carboxylic acids is 2. The number of anilines is 1. The number of hydrogen-bond donors (Lipinski definition) is 0. The Morgan fingerprint density at radius 3 is 2.59 bits per heavy atom. The minimum absolute atomic E-state index is 0.143. The Hall–Kier alpha value is -2.59. The number of aryl methyl sites for hydroxylation is 3. The average molecular weight is 477 g/mol. The van der Waals surface area contributed by atoms with E-state index in [-0.39, 0.29) is 24.6 Å². The standard InChI is InChI=1S/C22H28N4O4S2/c1-6-8-9-10-26(22-24-14(4)18(32-22)21(29)30-7-2)16(27)11-25-12-23-19-17(20(25)28)13(3)15(5)31-19/h12H,6-11H2,1-5H3. The number of fused-ring (bicyclic) bond motifs is 1. The highest BCUT2D eigenvalue weighted by Crippen LogP contribution is 2.28. The highest BCUT2D eigenvalue weighted by molar-refractivity contribution is 7.18. The molecule has 0 aliphatic carbocycles. The molecule has 0 saturated carbocycles. The fraction of sp³-hybridized carbons (Fsp3) is 0.500. The molecule has 0 radical (unpaired) electrons. The zero-order chi connectivity index (χ0) is 23.4. The van der Waals surface area contributed by atoms with Gasteiger partial charge in [0.25, 0.3) is 5.56 Å². The third-order valence-corrected chi connectivity index (χ3v) is 7.50. The lowest BCUT2D eigenvalue weighted by Gasteiger charge is -2.20. The van der Waals surface area contributed by atoms with Crippen molar-refractivity contribution in [1.29, 1.82) is 0 Å². The number of carbonyl (C=O) groups is 2. The van der Waals surface area contributed by atoms with Gasteiger partial charge in [-0.2, -0.15) is 0 Å². The van der Waals surface area contributed by atoms with E-state index in [1.807, 2.05) is 13.8 Å². The van der Waals surface area contributed by atoms with Crippen LogP contribution in [0.2, 0.25) is 0 Å². The van der Waals surface area contributed by atoms with Crippen LogP contribution in [-0.4, -0.2) is 39.6 Å². The second-order valence-corrected chi connectivity index (χ2v) is 9.71. The molecule has 3 heterocycles. The Labute approximate surface area is 194 Å². The first-order valence-corrected chi connectivity index (χ1v) is 12.3. The molecular weight excluding hydrogens is 448 g/mol. The number of rotatable bonds is 9. The number of unbranched alkanes of at least 4 members (excludes halogenated alkanes) is 2. The summed E-state index contributed by atoms with van der Waals surface area (Å²) in [5, 5.41) is 1.01. The molecule has 1 amide bonds. The predicted octanol–water partition coefficient (Wildman–Crippen LogP) is 4.24. The maximum atomic E-state index is 13.3. The van der Waals surface area contributed by atoms with Crippen LogP contribution in [0.15, 0.2) is 11.1 Å². The van der Waals surface area contributed by atoms with E-state index >= 15 is 0 Å². The summed E-state index contributed by atoms with van der Waals surface area (Å²) in [6.45, 7) is 10.0. The van der Waals surface area contributed by atoms with Crippen molar-refractivity contribution in [1.82, 2.24) is 14.5 Å². The van der Waals surface area contributed by atoms with E-state index in [0.29, 0.717) is 32.5 Å². The number of aromatic nitrogens is 3. The largest absolute Gasteiger partial charge is 0.462 e. The fourth-order valence-corrected chi connectivity index (χ4v) is 5.34. The second kappa shape index (κ2) is 10.4. The van der Waals surface area contributed by atoms with Gasteiger partial charge in [-0.05, 0) is 39.7 Å². The number of esters is 1. The quantitative estimate of drug-likeness (QED) is 0.339. The number of hydrogen-bond acceptors (Lipinski definition) is 8. The van der Waals surface area contributed by atoms with Crippen LogP contribution in [-0.2, 0) is 16.1 Å². The zero-order valence-electron chi connectivity index (χ0n) is 19.1. The summed E-state index contributed by atoms with van der Waals surface area (Å²) in [4.78, 5) is 51.1. The molecule has 0 aliphatic rings. The van der Waals surface area contributed by atoms with Crippen LogP contribution in [0.25, 0.3) is 10.2 Å². The maximum Gasteiger partial charge on any atom is 0.350 e. The molecule has 0 aliphatic heterocycles. The van der Waals surface area contributed by atoms with Crippen molar-refractivity contribution in [3.63, 3.8) is 0 Å². The van der Waals surface area contributed by atoms with Crippen molar-refractivity contribution in [2.24, 2.45) is 0 Å². The third-order valence-electron chi connectivity index (χ3n) is 5.22. The van der Waals surface area contributed by atoms with Crippen molar-refractivity contribution < 1.29 is 14.3 Å². The molecular formula is C22H28N4O4S2. The number of thiophene rings is 1. The molecule has 32 heavy (non-hydrogen) atoms. The van der Waals surface area contributed by atoms with Crippen LogP contribution in [0.3, 0.4) is 0 Å². The summed E-state index contributed by atoms with van der Waals surface area (Å²) in [6.07, 6.45) is 4.19. The minimum atomic E-state index is -0.441. The summed E-state index contributed by atoms with van der Waals surface area (Å²) in [6, 6.07) is 0. The summed E-state index contributed by atoms with van der Waals surface area (Å²) in [5.41, 5.74) is 1.21. The Bertz CT molecular complexity index is 1190. The van der Waals surface area contributed by atoms with Crippen molar-refractivity contribution in [2.45, 2.75) is 60.4 Å². The van der Waals surface area contributed by atoms with Gasteiger partial charge in [0.15, 0.2) is 5.13 Å². The van der Waals surface area contributed by atoms with Gasteiger partial charge in [-0.15, -0.1) is 11.3 Å². The first-order chi connectivity index (χ1) is 15.3. The van der Waals surface area contributed by atoms with Crippen LogP contribution in [0.4, 0.5) is 5.13 Å². The van der Waals surface area contributed by atoms with Gasteiger partial charge in [0.05, 0.1) is 24.0 Å². The lowest BCUT2D eigenvalue weighted by Crippen LogP contribution is -2.37. The summed E-state index contributed by atoms with van der Waals surface area (Å²) < 4.78 is 6.45. The Kier molecular flexibility index (Phi) is 7.78. The lowest BCUT2D eigenvalue weighted by molar-refractivity contribution is -0.119. The average Bonchev–Trinajstić information content (AvgIpc) is 3.27. The first kappa shape index (κ1) is 24.1. The Morgan fingerprint density at radius 2 is 1.91 bits per heavy atom. The van der Waals surface area contributed by atoms with Crippen molar-refractivity contribution in [2.75, 3.05) is 18.1 Å². The van der Waals surface area contributed by atoms with Crippen molar-refractivity contribution in [3.8, 4) is 0 Å². The number of amides is 1. The molecule has 0 N–H and O–H groups in total. The van der Waals surface area contributed by atoms with Crippen molar-refractivity contribution in [3.05, 3.63) is 37.7 Å². The number of thiazole rings is 1. The molecule has 3 aromatic rings. The third kappa shape index (κ3) is 4.91. The molecule has 172 valence electrons. The molecule has 8 nitrogen and oxygen atoms in total. The highest BCUT2D eigenvalue weighted by Gasteiger charge is 2.24. The van der Waals surface area contributed by atoms with Crippen LogP contribution >= 0.6 is 22.7 Å².